The van der Waals surface area contributed by atoms with Crippen molar-refractivity contribution in [2.45, 2.75) is 0 Å². The predicted octanol–water partition coefficient (Wildman–Crippen LogP) is -1.17. The van der Waals surface area contributed by atoms with Crippen LogP contribution >= 0.6 is 0 Å². The molecule has 0 aromatic rings. The lowest BCUT2D eigenvalue weighted by Crippen LogP contribution is -1.20. The average Bonchev–Trinajstić information content (AvgIpc) is 1.46. The van der Waals surface area contributed by atoms with Crippen LogP contribution in [0.5, 0.6) is 0 Å². The minimum Gasteiger partial charge on any atom is -0.377 e. The van der Waals surface area contributed by atoms with Crippen molar-refractivity contribution >= 4 is 17.4 Å². The van der Waals surface area contributed by atoms with E-state index in [0.717, 1.165) is 13.2 Å². The molecule has 0 radical (unpaired) electrons. The number of ether oxygens (including phenoxy) is 1. The van der Waals surface area contributed by atoms with Crippen molar-refractivity contribution in [3.8, 4) is 0 Å². The van der Waals surface area contributed by atoms with Crippen LogP contribution in [-0.2, 0) is 4.74 Å². The summed E-state index contributed by atoms with van der Waals surface area (Å²) in [7, 11) is 0. The third-order valence-corrected chi connectivity index (χ3v) is 0.204. The van der Waals surface area contributed by atoms with Gasteiger partial charge in [-0.1, -0.05) is 0 Å². The number of hydrogen-bond donors (Lipinski definition) is 0. The fraction of sp³-hybridized carbons (Fsp3) is 1.00. The maximum Gasteiger partial charge on any atom is 0.187 e. The molecule has 0 aliphatic carbocycles. The first kappa shape index (κ1) is 4.49. The quantitative estimate of drug-likeness (QED) is 0.260. The van der Waals surface area contributed by atoms with Gasteiger partial charge in [0.2, 0.25) is 0 Å². The molecule has 24 valence electrons. The molecular formula is C2H7AlO. The Morgan fingerprint density at radius 1 is 1.25 bits per heavy atom. The van der Waals surface area contributed by atoms with Gasteiger partial charge in [0, 0.05) is 0 Å². The minimum atomic E-state index is 0. The van der Waals surface area contributed by atoms with E-state index in [1.807, 2.05) is 0 Å². The number of epoxide rings is 1. The van der Waals surface area contributed by atoms with Gasteiger partial charge in [0.05, 0.1) is 13.2 Å². The van der Waals surface area contributed by atoms with Crippen LogP contribution in [0, 0.1) is 0 Å². The van der Waals surface area contributed by atoms with Gasteiger partial charge in [0.1, 0.15) is 0 Å². The molecule has 0 unspecified atom stereocenters. The van der Waals surface area contributed by atoms with Crippen molar-refractivity contribution in [2.24, 2.45) is 0 Å². The highest BCUT2D eigenvalue weighted by Gasteiger charge is 1.94. The molecule has 0 aromatic carbocycles. The van der Waals surface area contributed by atoms with Crippen molar-refractivity contribution in [3.05, 3.63) is 0 Å². The van der Waals surface area contributed by atoms with Gasteiger partial charge in [0.15, 0.2) is 17.4 Å². The highest BCUT2D eigenvalue weighted by atomic mass is 27.0. The van der Waals surface area contributed by atoms with Crippen LogP contribution in [0.2, 0.25) is 0 Å². The molecule has 0 aromatic heterocycles. The predicted molar refractivity (Wildman–Crippen MR) is 20.8 cm³/mol. The average molecular weight is 74.1 g/mol. The van der Waals surface area contributed by atoms with Crippen molar-refractivity contribution in [2.75, 3.05) is 13.2 Å². The zero-order chi connectivity index (χ0) is 2.12. The summed E-state index contributed by atoms with van der Waals surface area (Å²) in [4.78, 5) is 0. The molecule has 1 aliphatic rings. The van der Waals surface area contributed by atoms with Gasteiger partial charge in [-0.2, -0.15) is 0 Å². The van der Waals surface area contributed by atoms with Gasteiger partial charge in [-0.3, -0.25) is 0 Å². The monoisotopic (exact) mass is 74.0 g/mol. The summed E-state index contributed by atoms with van der Waals surface area (Å²) in [6, 6.07) is 0. The Bertz CT molecular complexity index is 10.8. The van der Waals surface area contributed by atoms with E-state index in [1.165, 1.54) is 0 Å². The van der Waals surface area contributed by atoms with Gasteiger partial charge in [-0.25, -0.2) is 0 Å². The van der Waals surface area contributed by atoms with Crippen LogP contribution in [0.4, 0.5) is 0 Å². The van der Waals surface area contributed by atoms with Crippen LogP contribution in [-0.4, -0.2) is 30.6 Å². The molecule has 1 saturated heterocycles. The molecule has 2 heteroatoms. The van der Waals surface area contributed by atoms with Crippen LogP contribution in [0.25, 0.3) is 0 Å². The molecule has 0 N–H and O–H groups in total. The Labute approximate surface area is 36.1 Å². The van der Waals surface area contributed by atoms with Gasteiger partial charge in [0.25, 0.3) is 0 Å². The van der Waals surface area contributed by atoms with E-state index >= 15 is 0 Å². The third kappa shape index (κ3) is 2.49. The lowest BCUT2D eigenvalue weighted by molar-refractivity contribution is 0.475. The van der Waals surface area contributed by atoms with Crippen LogP contribution in [0.1, 0.15) is 0 Å². The van der Waals surface area contributed by atoms with E-state index in [1.54, 1.807) is 0 Å². The first-order valence-corrected chi connectivity index (χ1v) is 1.08. The molecule has 4 heavy (non-hydrogen) atoms. The lowest BCUT2D eigenvalue weighted by atomic mass is 11.0. The first-order chi connectivity index (χ1) is 1.50. The highest BCUT2D eigenvalue weighted by molar-refractivity contribution is 5.75. The fourth-order valence-electron chi connectivity index (χ4n) is 0. The molecule has 0 bridgehead atoms. The Balaban J connectivity index is 0.0000000900. The molecule has 0 amide bonds. The number of hydrogen-bond acceptors (Lipinski definition) is 1. The summed E-state index contributed by atoms with van der Waals surface area (Å²) in [5.74, 6) is 0. The van der Waals surface area contributed by atoms with E-state index in [0.29, 0.717) is 0 Å². The van der Waals surface area contributed by atoms with Crippen molar-refractivity contribution < 1.29 is 4.74 Å². The van der Waals surface area contributed by atoms with E-state index in [9.17, 15) is 0 Å². The molecular weight excluding hydrogens is 67.0 g/mol. The Morgan fingerprint density at radius 2 is 1.50 bits per heavy atom. The Hall–Kier alpha value is 0.492. The Morgan fingerprint density at radius 3 is 1.50 bits per heavy atom. The van der Waals surface area contributed by atoms with Gasteiger partial charge in [-0.15, -0.1) is 0 Å². The second kappa shape index (κ2) is 1.78. The van der Waals surface area contributed by atoms with Crippen molar-refractivity contribution in [1.29, 1.82) is 0 Å². The summed E-state index contributed by atoms with van der Waals surface area (Å²) in [6.07, 6.45) is 0. The standard InChI is InChI=1S/C2H4O.Al.3H/c1-2-3-1;;;;/h1-2H2;;;;. The summed E-state index contributed by atoms with van der Waals surface area (Å²) >= 11 is 0. The summed E-state index contributed by atoms with van der Waals surface area (Å²) < 4.78 is 4.50. The molecule has 1 heterocycles. The van der Waals surface area contributed by atoms with E-state index in [2.05, 4.69) is 4.74 Å². The Kier molecular flexibility index (Phi) is 2.00. The summed E-state index contributed by atoms with van der Waals surface area (Å²) in [6.45, 7) is 2.00. The molecule has 1 rings (SSSR count). The maximum absolute atomic E-state index is 4.50. The zero-order valence-corrected chi connectivity index (χ0v) is 1.82. The van der Waals surface area contributed by atoms with Crippen LogP contribution in [0.15, 0.2) is 0 Å². The zero-order valence-electron chi connectivity index (χ0n) is 1.82. The molecule has 1 aliphatic heterocycles. The van der Waals surface area contributed by atoms with Gasteiger partial charge >= 0.3 is 0 Å². The second-order valence-electron chi connectivity index (χ2n) is 0.612. The number of rotatable bonds is 0. The fourth-order valence-corrected chi connectivity index (χ4v) is 0. The second-order valence-corrected chi connectivity index (χ2v) is 0.612. The van der Waals surface area contributed by atoms with E-state index in [-0.39, 0.29) is 17.4 Å². The van der Waals surface area contributed by atoms with E-state index < -0.39 is 0 Å². The first-order valence-electron chi connectivity index (χ1n) is 1.08. The molecule has 0 spiro atoms. The van der Waals surface area contributed by atoms with Gasteiger partial charge < -0.3 is 4.74 Å². The summed E-state index contributed by atoms with van der Waals surface area (Å²) in [5.41, 5.74) is 0. The third-order valence-electron chi connectivity index (χ3n) is 0.204. The largest absolute Gasteiger partial charge is 0.377 e. The summed E-state index contributed by atoms with van der Waals surface area (Å²) in [5, 5.41) is 0. The SMILES string of the molecule is C1CO1.[AlH3]. The molecule has 1 fully saturated rings. The van der Waals surface area contributed by atoms with Gasteiger partial charge in [-0.05, 0) is 0 Å². The van der Waals surface area contributed by atoms with Crippen LogP contribution < -0.4 is 0 Å². The normalized spacial score (nSPS) is 18.0. The van der Waals surface area contributed by atoms with E-state index in [4.69, 9.17) is 0 Å². The minimum absolute atomic E-state index is 0. The van der Waals surface area contributed by atoms with Crippen LogP contribution in [0.3, 0.4) is 0 Å². The molecule has 0 saturated carbocycles. The topological polar surface area (TPSA) is 12.5 Å². The highest BCUT2D eigenvalue weighted by Crippen LogP contribution is 1.84. The lowest BCUT2D eigenvalue weighted by Gasteiger charge is -1.24. The molecule has 0 atom stereocenters. The van der Waals surface area contributed by atoms with Crippen molar-refractivity contribution in [3.63, 3.8) is 0 Å². The maximum atomic E-state index is 4.50. The molecule has 1 nitrogen and oxygen atoms in total. The smallest absolute Gasteiger partial charge is 0.187 e. The van der Waals surface area contributed by atoms with Crippen molar-refractivity contribution in [1.82, 2.24) is 0 Å².